The summed E-state index contributed by atoms with van der Waals surface area (Å²) >= 11 is 1.51. The molecule has 0 saturated heterocycles. The van der Waals surface area contributed by atoms with E-state index in [9.17, 15) is 4.79 Å². The Kier molecular flexibility index (Phi) is 4.67. The summed E-state index contributed by atoms with van der Waals surface area (Å²) in [5.74, 6) is -0.113. The first kappa shape index (κ1) is 12.4. The highest BCUT2D eigenvalue weighted by Gasteiger charge is 2.07. The fraction of sp³-hybridized carbons (Fsp3) is 0.273. The maximum Gasteiger partial charge on any atom is 0.239 e. The largest absolute Gasteiger partial charge is 0.375 e. The molecule has 0 unspecified atom stereocenters. The van der Waals surface area contributed by atoms with Crippen LogP contribution in [0.25, 0.3) is 0 Å². The number of hydrogen-bond donors (Lipinski definition) is 2. The van der Waals surface area contributed by atoms with Crippen LogP contribution in [-0.4, -0.2) is 25.8 Å². The van der Waals surface area contributed by atoms with Crippen molar-refractivity contribution in [3.63, 3.8) is 0 Å². The summed E-state index contributed by atoms with van der Waals surface area (Å²) in [4.78, 5) is 12.0. The van der Waals surface area contributed by atoms with Crippen molar-refractivity contribution in [3.05, 3.63) is 23.8 Å². The number of nitrogens with one attached hydrogen (secondary N) is 2. The van der Waals surface area contributed by atoms with Gasteiger partial charge in [-0.2, -0.15) is 5.26 Å². The van der Waals surface area contributed by atoms with Gasteiger partial charge in [0.05, 0.1) is 17.8 Å². The van der Waals surface area contributed by atoms with Gasteiger partial charge in [0.25, 0.3) is 0 Å². The topological polar surface area (TPSA) is 64.9 Å². The van der Waals surface area contributed by atoms with Crippen molar-refractivity contribution in [2.45, 2.75) is 4.90 Å². The van der Waals surface area contributed by atoms with Crippen molar-refractivity contribution in [3.8, 4) is 6.07 Å². The third-order valence-electron chi connectivity index (χ3n) is 2.08. The van der Waals surface area contributed by atoms with Crippen LogP contribution in [0.3, 0.4) is 0 Å². The van der Waals surface area contributed by atoms with E-state index in [2.05, 4.69) is 16.7 Å². The second-order valence-corrected chi connectivity index (χ2v) is 3.87. The lowest BCUT2D eigenvalue weighted by atomic mass is 10.2. The number of nitriles is 1. The quantitative estimate of drug-likeness (QED) is 0.775. The zero-order valence-corrected chi connectivity index (χ0v) is 10.0. The molecule has 1 amide bonds. The molecule has 0 atom stereocenters. The number of amides is 1. The molecular weight excluding hydrogens is 222 g/mol. The van der Waals surface area contributed by atoms with Crippen LogP contribution in [0.5, 0.6) is 0 Å². The van der Waals surface area contributed by atoms with E-state index >= 15 is 0 Å². The number of carbonyl (C=O) groups is 1. The zero-order valence-electron chi connectivity index (χ0n) is 9.20. The average Bonchev–Trinajstić information content (AvgIpc) is 2.34. The lowest BCUT2D eigenvalue weighted by molar-refractivity contribution is -0.118. The van der Waals surface area contributed by atoms with Crippen LogP contribution in [0.15, 0.2) is 23.1 Å². The second kappa shape index (κ2) is 6.03. The van der Waals surface area contributed by atoms with Crippen LogP contribution < -0.4 is 10.6 Å². The van der Waals surface area contributed by atoms with Crippen molar-refractivity contribution in [2.75, 3.05) is 25.2 Å². The summed E-state index contributed by atoms with van der Waals surface area (Å²) in [6.07, 6.45) is 1.92. The Balaban J connectivity index is 2.88. The standard InChI is InChI=1S/C11H13N3OS/c1-13-11(15)7-14-9-4-3-5-10(16-2)8(9)6-12/h3-5,14H,7H2,1-2H3,(H,13,15). The third kappa shape index (κ3) is 2.91. The molecule has 0 aliphatic carbocycles. The summed E-state index contributed by atoms with van der Waals surface area (Å²) in [6, 6.07) is 7.68. The van der Waals surface area contributed by atoms with Gasteiger partial charge in [-0.1, -0.05) is 6.07 Å². The number of thioether (sulfide) groups is 1. The first-order valence-corrected chi connectivity index (χ1v) is 5.97. The molecule has 0 aliphatic rings. The lowest BCUT2D eigenvalue weighted by Crippen LogP contribution is -2.26. The third-order valence-corrected chi connectivity index (χ3v) is 2.86. The molecule has 2 N–H and O–H groups in total. The van der Waals surface area contributed by atoms with Crippen LogP contribution >= 0.6 is 11.8 Å². The Bertz CT molecular complexity index is 426. The Morgan fingerprint density at radius 3 is 2.88 bits per heavy atom. The molecule has 0 aromatic heterocycles. The van der Waals surface area contributed by atoms with Crippen LogP contribution in [0, 0.1) is 11.3 Å². The van der Waals surface area contributed by atoms with E-state index in [0.717, 1.165) is 4.90 Å². The highest BCUT2D eigenvalue weighted by atomic mass is 32.2. The minimum Gasteiger partial charge on any atom is -0.375 e. The molecule has 0 aliphatic heterocycles. The Morgan fingerprint density at radius 2 is 2.31 bits per heavy atom. The lowest BCUT2D eigenvalue weighted by Gasteiger charge is -2.09. The molecule has 5 heteroatoms. The minimum atomic E-state index is -0.113. The number of nitrogens with zero attached hydrogens (tertiary/aromatic N) is 1. The van der Waals surface area contributed by atoms with E-state index in [1.165, 1.54) is 11.8 Å². The van der Waals surface area contributed by atoms with Gasteiger partial charge in [0, 0.05) is 11.9 Å². The SMILES string of the molecule is CNC(=O)CNc1cccc(SC)c1C#N. The molecule has 0 spiro atoms. The molecule has 4 nitrogen and oxygen atoms in total. The highest BCUT2D eigenvalue weighted by molar-refractivity contribution is 7.98. The molecule has 0 fully saturated rings. The molecule has 1 rings (SSSR count). The first-order valence-electron chi connectivity index (χ1n) is 4.74. The van der Waals surface area contributed by atoms with Gasteiger partial charge in [0.2, 0.25) is 5.91 Å². The maximum atomic E-state index is 11.1. The minimum absolute atomic E-state index is 0.113. The second-order valence-electron chi connectivity index (χ2n) is 3.02. The fourth-order valence-electron chi connectivity index (χ4n) is 1.23. The van der Waals surface area contributed by atoms with E-state index in [0.29, 0.717) is 11.3 Å². The summed E-state index contributed by atoms with van der Waals surface area (Å²) in [5.41, 5.74) is 1.27. The van der Waals surface area contributed by atoms with Gasteiger partial charge >= 0.3 is 0 Å². The van der Waals surface area contributed by atoms with E-state index < -0.39 is 0 Å². The van der Waals surface area contributed by atoms with Crippen LogP contribution in [-0.2, 0) is 4.79 Å². The van der Waals surface area contributed by atoms with Gasteiger partial charge in [-0.05, 0) is 18.4 Å². The molecule has 1 aromatic rings. The molecule has 16 heavy (non-hydrogen) atoms. The molecule has 1 aromatic carbocycles. The normalized spacial score (nSPS) is 9.31. The fourth-order valence-corrected chi connectivity index (χ4v) is 1.80. The Hall–Kier alpha value is -1.67. The van der Waals surface area contributed by atoms with Crippen molar-refractivity contribution in [2.24, 2.45) is 0 Å². The van der Waals surface area contributed by atoms with Crippen LogP contribution in [0.4, 0.5) is 5.69 Å². The van der Waals surface area contributed by atoms with Crippen molar-refractivity contribution >= 4 is 23.4 Å². The number of likely N-dealkylation sites (N-methyl/N-ethyl adjacent to an activating group) is 1. The predicted octanol–water partition coefficient (Wildman–Crippen LogP) is 1.44. The van der Waals surface area contributed by atoms with Gasteiger partial charge in [-0.15, -0.1) is 11.8 Å². The van der Waals surface area contributed by atoms with Gasteiger partial charge in [0.15, 0.2) is 0 Å². The monoisotopic (exact) mass is 235 g/mol. The van der Waals surface area contributed by atoms with Crippen molar-refractivity contribution in [1.29, 1.82) is 5.26 Å². The van der Waals surface area contributed by atoms with E-state index in [1.807, 2.05) is 18.4 Å². The Labute approximate surface area is 99.0 Å². The number of hydrogen-bond acceptors (Lipinski definition) is 4. The van der Waals surface area contributed by atoms with Crippen LogP contribution in [0.1, 0.15) is 5.56 Å². The van der Waals surface area contributed by atoms with Gasteiger partial charge in [-0.3, -0.25) is 4.79 Å². The van der Waals surface area contributed by atoms with E-state index in [-0.39, 0.29) is 12.5 Å². The summed E-state index contributed by atoms with van der Waals surface area (Å²) in [7, 11) is 1.58. The number of carbonyl (C=O) groups excluding carboxylic acids is 1. The summed E-state index contributed by atoms with van der Waals surface area (Å²) in [6.45, 7) is 0.170. The number of anilines is 1. The number of benzene rings is 1. The zero-order chi connectivity index (χ0) is 12.0. The highest BCUT2D eigenvalue weighted by Crippen LogP contribution is 2.25. The average molecular weight is 235 g/mol. The van der Waals surface area contributed by atoms with Crippen molar-refractivity contribution in [1.82, 2.24) is 5.32 Å². The summed E-state index contributed by atoms with van der Waals surface area (Å²) in [5, 5.41) is 14.5. The predicted molar refractivity (Wildman–Crippen MR) is 65.5 cm³/mol. The van der Waals surface area contributed by atoms with Gasteiger partial charge in [0.1, 0.15) is 6.07 Å². The van der Waals surface area contributed by atoms with Gasteiger partial charge < -0.3 is 10.6 Å². The Morgan fingerprint density at radius 1 is 1.56 bits per heavy atom. The van der Waals surface area contributed by atoms with Crippen LogP contribution in [0.2, 0.25) is 0 Å². The maximum absolute atomic E-state index is 11.1. The summed E-state index contributed by atoms with van der Waals surface area (Å²) < 4.78 is 0. The molecular formula is C11H13N3OS. The van der Waals surface area contributed by atoms with Crippen molar-refractivity contribution < 1.29 is 4.79 Å². The molecule has 84 valence electrons. The van der Waals surface area contributed by atoms with Gasteiger partial charge in [-0.25, -0.2) is 0 Å². The molecule has 0 bridgehead atoms. The van der Waals surface area contributed by atoms with E-state index in [1.54, 1.807) is 13.1 Å². The van der Waals surface area contributed by atoms with E-state index in [4.69, 9.17) is 5.26 Å². The smallest absolute Gasteiger partial charge is 0.239 e. The molecule has 0 saturated carbocycles. The number of rotatable bonds is 4. The first-order chi connectivity index (χ1) is 7.72. The molecule has 0 heterocycles. The molecule has 0 radical (unpaired) electrons.